The number of carbonyl (C=O) groups is 2. The smallest absolute Gasteiger partial charge is 0.262 e. The Balaban J connectivity index is 1.65. The lowest BCUT2D eigenvalue weighted by atomic mass is 10.2. The molecular formula is C25H27N3O4S. The Morgan fingerprint density at radius 2 is 1.30 bits per heavy atom. The standard InChI is InChI=1S/C25H27N3O4S/c1-16(2)24(29)26-20-11-13-21(14-12-20)27-25(30)19-7-9-22(10-8-19)28-33(31,32)23-15-17(3)5-6-18(23)4/h5-16,28H,1-4H3,(H,26,29)(H,27,30). The van der Waals surface area contributed by atoms with Crippen LogP contribution in [0.2, 0.25) is 0 Å². The first-order chi connectivity index (χ1) is 15.5. The third kappa shape index (κ3) is 6.20. The van der Waals surface area contributed by atoms with Gasteiger partial charge >= 0.3 is 0 Å². The van der Waals surface area contributed by atoms with Crippen LogP contribution in [0, 0.1) is 19.8 Å². The molecule has 0 radical (unpaired) electrons. The predicted octanol–water partition coefficient (Wildman–Crippen LogP) is 4.95. The maximum absolute atomic E-state index is 12.7. The van der Waals surface area contributed by atoms with E-state index in [-0.39, 0.29) is 22.6 Å². The molecule has 3 rings (SSSR count). The lowest BCUT2D eigenvalue weighted by molar-refractivity contribution is -0.118. The molecule has 7 nitrogen and oxygen atoms in total. The summed E-state index contributed by atoms with van der Waals surface area (Å²) in [5.74, 6) is -0.546. The Morgan fingerprint density at radius 3 is 1.88 bits per heavy atom. The number of rotatable bonds is 7. The van der Waals surface area contributed by atoms with Crippen LogP contribution in [-0.4, -0.2) is 20.2 Å². The van der Waals surface area contributed by atoms with Gasteiger partial charge in [-0.25, -0.2) is 8.42 Å². The third-order valence-corrected chi connectivity index (χ3v) is 6.49. The summed E-state index contributed by atoms with van der Waals surface area (Å²) in [6.07, 6.45) is 0. The molecule has 0 spiro atoms. The summed E-state index contributed by atoms with van der Waals surface area (Å²) in [7, 11) is -3.75. The molecular weight excluding hydrogens is 438 g/mol. The molecule has 0 aliphatic rings. The molecule has 33 heavy (non-hydrogen) atoms. The van der Waals surface area contributed by atoms with Gasteiger partial charge in [0.2, 0.25) is 5.91 Å². The Hall–Kier alpha value is -3.65. The first-order valence-electron chi connectivity index (χ1n) is 10.5. The van der Waals surface area contributed by atoms with Crippen LogP contribution in [-0.2, 0) is 14.8 Å². The van der Waals surface area contributed by atoms with Gasteiger partial charge in [0.1, 0.15) is 0 Å². The number of nitrogens with one attached hydrogen (secondary N) is 3. The average molecular weight is 466 g/mol. The molecule has 2 amide bonds. The average Bonchev–Trinajstić information content (AvgIpc) is 2.76. The molecule has 8 heteroatoms. The Labute approximate surface area is 194 Å². The van der Waals surface area contributed by atoms with Crippen molar-refractivity contribution >= 4 is 38.9 Å². The van der Waals surface area contributed by atoms with E-state index in [1.807, 2.05) is 26.8 Å². The summed E-state index contributed by atoms with van der Waals surface area (Å²) in [5, 5.41) is 5.57. The van der Waals surface area contributed by atoms with Crippen LogP contribution >= 0.6 is 0 Å². The molecule has 0 unspecified atom stereocenters. The summed E-state index contributed by atoms with van der Waals surface area (Å²) in [5.41, 5.74) is 3.45. The van der Waals surface area contributed by atoms with Crippen LogP contribution in [0.25, 0.3) is 0 Å². The van der Waals surface area contributed by atoms with E-state index in [9.17, 15) is 18.0 Å². The van der Waals surface area contributed by atoms with Crippen molar-refractivity contribution in [2.45, 2.75) is 32.6 Å². The molecule has 172 valence electrons. The number of benzene rings is 3. The zero-order valence-corrected chi connectivity index (χ0v) is 19.8. The number of hydrogen-bond acceptors (Lipinski definition) is 4. The number of hydrogen-bond donors (Lipinski definition) is 3. The highest BCUT2D eigenvalue weighted by atomic mass is 32.2. The SMILES string of the molecule is Cc1ccc(C)c(S(=O)(=O)Nc2ccc(C(=O)Nc3ccc(NC(=O)C(C)C)cc3)cc2)c1. The molecule has 0 aliphatic heterocycles. The zero-order valence-electron chi connectivity index (χ0n) is 19.0. The highest BCUT2D eigenvalue weighted by molar-refractivity contribution is 7.92. The third-order valence-electron chi connectivity index (χ3n) is 4.97. The molecule has 0 saturated heterocycles. The molecule has 3 N–H and O–H groups in total. The fraction of sp³-hybridized carbons (Fsp3) is 0.200. The van der Waals surface area contributed by atoms with Gasteiger partial charge in [0.25, 0.3) is 15.9 Å². The monoisotopic (exact) mass is 465 g/mol. The van der Waals surface area contributed by atoms with Crippen molar-refractivity contribution in [2.75, 3.05) is 15.4 Å². The van der Waals surface area contributed by atoms with Crippen molar-refractivity contribution in [3.05, 3.63) is 83.4 Å². The van der Waals surface area contributed by atoms with Gasteiger partial charge in [-0.1, -0.05) is 26.0 Å². The van der Waals surface area contributed by atoms with Gasteiger partial charge in [-0.2, -0.15) is 0 Å². The fourth-order valence-corrected chi connectivity index (χ4v) is 4.41. The normalized spacial score (nSPS) is 11.2. The Bertz CT molecular complexity index is 1270. The molecule has 0 fully saturated rings. The number of amides is 2. The summed E-state index contributed by atoms with van der Waals surface area (Å²) >= 11 is 0. The highest BCUT2D eigenvalue weighted by Crippen LogP contribution is 2.21. The first kappa shape index (κ1) is 24.0. The zero-order chi connectivity index (χ0) is 24.2. The van der Waals surface area contributed by atoms with E-state index < -0.39 is 10.0 Å². The molecule has 0 bridgehead atoms. The van der Waals surface area contributed by atoms with Crippen molar-refractivity contribution < 1.29 is 18.0 Å². The number of sulfonamides is 1. The second kappa shape index (κ2) is 9.87. The van der Waals surface area contributed by atoms with Crippen LogP contribution in [0.1, 0.15) is 35.3 Å². The largest absolute Gasteiger partial charge is 0.326 e. The van der Waals surface area contributed by atoms with Gasteiger partial charge in [0, 0.05) is 28.5 Å². The second-order valence-electron chi connectivity index (χ2n) is 8.13. The predicted molar refractivity (Wildman–Crippen MR) is 131 cm³/mol. The minimum absolute atomic E-state index is 0.0833. The van der Waals surface area contributed by atoms with E-state index in [0.717, 1.165) is 5.56 Å². The summed E-state index contributed by atoms with van der Waals surface area (Å²) in [6.45, 7) is 7.20. The van der Waals surface area contributed by atoms with Crippen LogP contribution in [0.4, 0.5) is 17.1 Å². The maximum atomic E-state index is 12.7. The van der Waals surface area contributed by atoms with Gasteiger partial charge in [-0.05, 0) is 79.6 Å². The van der Waals surface area contributed by atoms with Gasteiger partial charge in [0.05, 0.1) is 4.90 Å². The molecule has 3 aromatic rings. The quantitative estimate of drug-likeness (QED) is 0.459. The lowest BCUT2D eigenvalue weighted by Crippen LogP contribution is -2.17. The van der Waals surface area contributed by atoms with E-state index in [4.69, 9.17) is 0 Å². The molecule has 0 atom stereocenters. The minimum atomic E-state index is -3.75. The Morgan fingerprint density at radius 1 is 0.758 bits per heavy atom. The number of aryl methyl sites for hydroxylation is 2. The van der Waals surface area contributed by atoms with Crippen LogP contribution in [0.15, 0.2) is 71.6 Å². The first-order valence-corrected chi connectivity index (χ1v) is 12.0. The minimum Gasteiger partial charge on any atom is -0.326 e. The van der Waals surface area contributed by atoms with Gasteiger partial charge in [0.15, 0.2) is 0 Å². The van der Waals surface area contributed by atoms with Crippen LogP contribution in [0.5, 0.6) is 0 Å². The number of carbonyl (C=O) groups excluding carboxylic acids is 2. The lowest BCUT2D eigenvalue weighted by Gasteiger charge is -2.12. The topological polar surface area (TPSA) is 104 Å². The van der Waals surface area contributed by atoms with Gasteiger partial charge < -0.3 is 10.6 Å². The second-order valence-corrected chi connectivity index (χ2v) is 9.78. The van der Waals surface area contributed by atoms with Crippen LogP contribution < -0.4 is 15.4 Å². The summed E-state index contributed by atoms with van der Waals surface area (Å²) in [4.78, 5) is 24.5. The molecule has 0 heterocycles. The van der Waals surface area contributed by atoms with E-state index in [2.05, 4.69) is 15.4 Å². The van der Waals surface area contributed by atoms with Crippen molar-refractivity contribution in [2.24, 2.45) is 5.92 Å². The van der Waals surface area contributed by atoms with Gasteiger partial charge in [-0.3, -0.25) is 14.3 Å². The van der Waals surface area contributed by atoms with Crippen molar-refractivity contribution in [1.29, 1.82) is 0 Å². The molecule has 0 aliphatic carbocycles. The molecule has 0 aromatic heterocycles. The highest BCUT2D eigenvalue weighted by Gasteiger charge is 2.17. The van der Waals surface area contributed by atoms with E-state index in [1.54, 1.807) is 67.6 Å². The van der Waals surface area contributed by atoms with Crippen molar-refractivity contribution in [3.63, 3.8) is 0 Å². The van der Waals surface area contributed by atoms with E-state index >= 15 is 0 Å². The van der Waals surface area contributed by atoms with Crippen LogP contribution in [0.3, 0.4) is 0 Å². The Kier molecular flexibility index (Phi) is 7.18. The van der Waals surface area contributed by atoms with Gasteiger partial charge in [-0.15, -0.1) is 0 Å². The fourth-order valence-electron chi connectivity index (χ4n) is 3.02. The van der Waals surface area contributed by atoms with E-state index in [1.165, 1.54) is 0 Å². The van der Waals surface area contributed by atoms with Crippen molar-refractivity contribution in [3.8, 4) is 0 Å². The number of anilines is 3. The maximum Gasteiger partial charge on any atom is 0.262 e. The molecule has 3 aromatic carbocycles. The summed E-state index contributed by atoms with van der Waals surface area (Å²) < 4.78 is 28.1. The van der Waals surface area contributed by atoms with E-state index in [0.29, 0.717) is 28.2 Å². The van der Waals surface area contributed by atoms with Crippen molar-refractivity contribution in [1.82, 2.24) is 0 Å². The summed E-state index contributed by atoms with van der Waals surface area (Å²) in [6, 6.07) is 18.2. The molecule has 0 saturated carbocycles.